The van der Waals surface area contributed by atoms with E-state index in [1.807, 2.05) is 19.9 Å². The molecule has 1 aromatic heterocycles. The summed E-state index contributed by atoms with van der Waals surface area (Å²) in [5.41, 5.74) is -0.177. The monoisotopic (exact) mass is 314 g/mol. The SMILES string of the molecule is CC(C)[C@](C)(C#N)NC(=O)COC(=O)c1n[nH]c2ccccc12. The molecule has 0 saturated carbocycles. The van der Waals surface area contributed by atoms with Crippen LogP contribution in [0.25, 0.3) is 10.9 Å². The van der Waals surface area contributed by atoms with E-state index in [2.05, 4.69) is 21.6 Å². The number of para-hydroxylation sites is 1. The number of esters is 1. The van der Waals surface area contributed by atoms with Gasteiger partial charge in [-0.25, -0.2) is 4.79 Å². The van der Waals surface area contributed by atoms with Crippen LogP contribution >= 0.6 is 0 Å². The first-order chi connectivity index (χ1) is 10.9. The van der Waals surface area contributed by atoms with Gasteiger partial charge in [-0.05, 0) is 18.9 Å². The van der Waals surface area contributed by atoms with Crippen LogP contribution < -0.4 is 5.32 Å². The zero-order valence-electron chi connectivity index (χ0n) is 13.2. The summed E-state index contributed by atoms with van der Waals surface area (Å²) in [7, 11) is 0. The number of benzene rings is 1. The maximum atomic E-state index is 12.0. The van der Waals surface area contributed by atoms with Crippen LogP contribution in [0.3, 0.4) is 0 Å². The normalized spacial score (nSPS) is 13.3. The molecule has 0 unspecified atom stereocenters. The van der Waals surface area contributed by atoms with Crippen molar-refractivity contribution in [3.8, 4) is 6.07 Å². The molecule has 23 heavy (non-hydrogen) atoms. The minimum atomic E-state index is -1.01. The second-order valence-corrected chi connectivity index (χ2v) is 5.71. The maximum absolute atomic E-state index is 12.0. The van der Waals surface area contributed by atoms with Gasteiger partial charge in [0.15, 0.2) is 12.3 Å². The minimum Gasteiger partial charge on any atom is -0.451 e. The number of nitrogens with one attached hydrogen (secondary N) is 2. The lowest BCUT2D eigenvalue weighted by atomic mass is 9.90. The fourth-order valence-electron chi connectivity index (χ4n) is 1.95. The predicted molar refractivity (Wildman–Crippen MR) is 83.4 cm³/mol. The number of fused-ring (bicyclic) bond motifs is 1. The number of nitrogens with zero attached hydrogens (tertiary/aromatic N) is 2. The molecule has 1 atom stereocenters. The third kappa shape index (κ3) is 3.48. The van der Waals surface area contributed by atoms with Gasteiger partial charge in [-0.2, -0.15) is 10.4 Å². The van der Waals surface area contributed by atoms with Crippen LogP contribution in [0, 0.1) is 17.2 Å². The molecule has 2 rings (SSSR count). The van der Waals surface area contributed by atoms with Crippen molar-refractivity contribution in [3.05, 3.63) is 30.0 Å². The van der Waals surface area contributed by atoms with E-state index in [0.29, 0.717) is 10.9 Å². The number of aromatic nitrogens is 2. The number of hydrogen-bond donors (Lipinski definition) is 2. The number of carbonyl (C=O) groups excluding carboxylic acids is 2. The van der Waals surface area contributed by atoms with Gasteiger partial charge in [-0.3, -0.25) is 9.89 Å². The molecule has 0 fully saturated rings. The van der Waals surface area contributed by atoms with Gasteiger partial charge in [-0.15, -0.1) is 0 Å². The summed E-state index contributed by atoms with van der Waals surface area (Å²) in [4.78, 5) is 23.9. The van der Waals surface area contributed by atoms with Crippen molar-refractivity contribution in [1.29, 1.82) is 5.26 Å². The number of carbonyl (C=O) groups is 2. The molecule has 120 valence electrons. The Kier molecular flexibility index (Phi) is 4.65. The van der Waals surface area contributed by atoms with Gasteiger partial charge in [0, 0.05) is 5.39 Å². The number of rotatable bonds is 5. The number of hydrogen-bond acceptors (Lipinski definition) is 5. The van der Waals surface area contributed by atoms with Crippen LogP contribution in [0.5, 0.6) is 0 Å². The Morgan fingerprint density at radius 2 is 2.13 bits per heavy atom. The zero-order valence-corrected chi connectivity index (χ0v) is 13.2. The van der Waals surface area contributed by atoms with Crippen molar-refractivity contribution in [2.24, 2.45) is 5.92 Å². The first-order valence-corrected chi connectivity index (χ1v) is 7.20. The minimum absolute atomic E-state index is 0.0811. The summed E-state index contributed by atoms with van der Waals surface area (Å²) >= 11 is 0. The fraction of sp³-hybridized carbons (Fsp3) is 0.375. The van der Waals surface area contributed by atoms with Crippen molar-refractivity contribution in [2.45, 2.75) is 26.3 Å². The summed E-state index contributed by atoms with van der Waals surface area (Å²) in [6.45, 7) is 4.80. The lowest BCUT2D eigenvalue weighted by Crippen LogP contribution is -2.50. The van der Waals surface area contributed by atoms with Gasteiger partial charge in [0.05, 0.1) is 11.6 Å². The second-order valence-electron chi connectivity index (χ2n) is 5.71. The van der Waals surface area contributed by atoms with Crippen LogP contribution in [0.4, 0.5) is 0 Å². The van der Waals surface area contributed by atoms with Gasteiger partial charge in [0.2, 0.25) is 0 Å². The third-order valence-electron chi connectivity index (χ3n) is 3.78. The molecule has 1 amide bonds. The molecule has 0 saturated heterocycles. The molecular formula is C16H18N4O3. The summed E-state index contributed by atoms with van der Waals surface area (Å²) in [5.74, 6) is -1.31. The first-order valence-electron chi connectivity index (χ1n) is 7.20. The number of nitriles is 1. The number of amides is 1. The van der Waals surface area contributed by atoms with Crippen LogP contribution in [0.15, 0.2) is 24.3 Å². The van der Waals surface area contributed by atoms with Crippen LogP contribution in [0.1, 0.15) is 31.3 Å². The van der Waals surface area contributed by atoms with E-state index in [0.717, 1.165) is 0 Å². The van der Waals surface area contributed by atoms with Crippen LogP contribution in [-0.2, 0) is 9.53 Å². The Balaban J connectivity index is 2.00. The third-order valence-corrected chi connectivity index (χ3v) is 3.78. The summed E-state index contributed by atoms with van der Waals surface area (Å²) in [5, 5.41) is 19.0. The topological polar surface area (TPSA) is 108 Å². The molecule has 2 aromatic rings. The van der Waals surface area contributed by atoms with Crippen molar-refractivity contribution >= 4 is 22.8 Å². The van der Waals surface area contributed by atoms with E-state index < -0.39 is 24.0 Å². The molecule has 7 nitrogen and oxygen atoms in total. The smallest absolute Gasteiger partial charge is 0.359 e. The predicted octanol–water partition coefficient (Wildman–Crippen LogP) is 1.77. The van der Waals surface area contributed by atoms with E-state index in [4.69, 9.17) is 10.00 Å². The molecule has 1 aromatic carbocycles. The van der Waals surface area contributed by atoms with Gasteiger partial charge in [0.25, 0.3) is 5.91 Å². The maximum Gasteiger partial charge on any atom is 0.359 e. The van der Waals surface area contributed by atoms with Crippen molar-refractivity contribution < 1.29 is 14.3 Å². The second kappa shape index (κ2) is 6.48. The average molecular weight is 314 g/mol. The summed E-state index contributed by atoms with van der Waals surface area (Å²) in [6, 6.07) is 9.18. The van der Waals surface area contributed by atoms with Crippen LogP contribution in [-0.4, -0.2) is 34.2 Å². The molecule has 0 aliphatic heterocycles. The van der Waals surface area contributed by atoms with E-state index >= 15 is 0 Å². The highest BCUT2D eigenvalue weighted by Gasteiger charge is 2.30. The van der Waals surface area contributed by atoms with E-state index in [9.17, 15) is 9.59 Å². The standard InChI is InChI=1S/C16H18N4O3/c1-10(2)16(3,9-17)18-13(21)8-23-15(22)14-11-6-4-5-7-12(11)19-20-14/h4-7,10H,8H2,1-3H3,(H,18,21)(H,19,20)/t16-/m0/s1. The summed E-state index contributed by atoms with van der Waals surface area (Å²) in [6.07, 6.45) is 0. The average Bonchev–Trinajstić information content (AvgIpc) is 2.96. The Bertz CT molecular complexity index is 775. The Morgan fingerprint density at radius 1 is 1.43 bits per heavy atom. The zero-order chi connectivity index (χ0) is 17.0. The molecule has 0 bridgehead atoms. The summed E-state index contributed by atoms with van der Waals surface area (Å²) < 4.78 is 4.98. The quantitative estimate of drug-likeness (QED) is 0.818. The Hall–Kier alpha value is -2.88. The van der Waals surface area contributed by atoms with Crippen molar-refractivity contribution in [1.82, 2.24) is 15.5 Å². The van der Waals surface area contributed by atoms with Crippen molar-refractivity contribution in [2.75, 3.05) is 6.61 Å². The van der Waals surface area contributed by atoms with Gasteiger partial charge in [0.1, 0.15) is 5.54 Å². The van der Waals surface area contributed by atoms with Gasteiger partial charge < -0.3 is 10.1 Å². The lowest BCUT2D eigenvalue weighted by Gasteiger charge is -2.27. The fourth-order valence-corrected chi connectivity index (χ4v) is 1.95. The molecular weight excluding hydrogens is 296 g/mol. The number of ether oxygens (including phenoxy) is 1. The molecule has 2 N–H and O–H groups in total. The van der Waals surface area contributed by atoms with Gasteiger partial charge >= 0.3 is 5.97 Å². The molecule has 7 heteroatoms. The highest BCUT2D eigenvalue weighted by molar-refractivity contribution is 6.02. The van der Waals surface area contributed by atoms with Crippen molar-refractivity contribution in [3.63, 3.8) is 0 Å². The molecule has 0 aliphatic rings. The first kappa shape index (κ1) is 16.5. The van der Waals surface area contributed by atoms with E-state index in [1.54, 1.807) is 25.1 Å². The molecule has 0 spiro atoms. The largest absolute Gasteiger partial charge is 0.451 e. The Labute approximate surface area is 133 Å². The Morgan fingerprint density at radius 3 is 2.78 bits per heavy atom. The molecule has 1 heterocycles. The van der Waals surface area contributed by atoms with Crippen LogP contribution in [0.2, 0.25) is 0 Å². The van der Waals surface area contributed by atoms with Gasteiger partial charge in [-0.1, -0.05) is 32.0 Å². The van der Waals surface area contributed by atoms with E-state index in [1.165, 1.54) is 0 Å². The number of H-pyrrole nitrogens is 1. The lowest BCUT2D eigenvalue weighted by molar-refractivity contribution is -0.125. The number of aromatic amines is 1. The van der Waals surface area contributed by atoms with E-state index in [-0.39, 0.29) is 11.6 Å². The molecule has 0 aliphatic carbocycles. The highest BCUT2D eigenvalue weighted by atomic mass is 16.5. The molecule has 0 radical (unpaired) electrons. The highest BCUT2D eigenvalue weighted by Crippen LogP contribution is 2.16.